The number of guanidine groups is 1. The number of amides is 1. The topological polar surface area (TPSA) is 68.5 Å². The van der Waals surface area contributed by atoms with Gasteiger partial charge in [0.1, 0.15) is 5.65 Å². The third kappa shape index (κ3) is 5.92. The number of aliphatic imine (C=N–C) groups is 1. The molecule has 2 aliphatic heterocycles. The largest absolute Gasteiger partial charge is 0.357 e. The van der Waals surface area contributed by atoms with Crippen molar-refractivity contribution in [1.82, 2.24) is 29.4 Å². The average Bonchev–Trinajstić information content (AvgIpc) is 3.47. The smallest absolute Gasteiger partial charge is 0.239 e. The van der Waals surface area contributed by atoms with Crippen LogP contribution in [-0.4, -0.2) is 94.4 Å². The van der Waals surface area contributed by atoms with E-state index in [2.05, 4.69) is 40.1 Å². The lowest BCUT2D eigenvalue weighted by atomic mass is 10.2. The number of rotatable bonds is 6. The fourth-order valence-electron chi connectivity index (χ4n) is 4.49. The monoisotopic (exact) mass is 553 g/mol. The molecule has 0 aliphatic carbocycles. The van der Waals surface area contributed by atoms with Crippen LogP contribution in [-0.2, 0) is 11.2 Å². The van der Waals surface area contributed by atoms with E-state index in [-0.39, 0.29) is 30.0 Å². The maximum absolute atomic E-state index is 12.7. The van der Waals surface area contributed by atoms with Crippen molar-refractivity contribution in [1.29, 1.82) is 0 Å². The summed E-state index contributed by atoms with van der Waals surface area (Å²) >= 11 is 0. The minimum absolute atomic E-state index is 0. The maximum Gasteiger partial charge on any atom is 0.239 e. The molecule has 1 unspecified atom stereocenters. The second-order valence-electron chi connectivity index (χ2n) is 8.42. The van der Waals surface area contributed by atoms with Gasteiger partial charge in [-0.1, -0.05) is 6.07 Å². The molecule has 8 nitrogen and oxygen atoms in total. The lowest BCUT2D eigenvalue weighted by Gasteiger charge is -2.39. The molecule has 1 N–H and O–H groups in total. The van der Waals surface area contributed by atoms with Crippen molar-refractivity contribution >= 4 is 41.5 Å². The van der Waals surface area contributed by atoms with Crippen molar-refractivity contribution in [2.75, 3.05) is 52.4 Å². The first kappa shape index (κ1) is 24.8. The van der Waals surface area contributed by atoms with E-state index in [0.29, 0.717) is 12.5 Å². The van der Waals surface area contributed by atoms with Crippen molar-refractivity contribution in [3.8, 4) is 0 Å². The molecule has 9 heteroatoms. The molecule has 2 aromatic heterocycles. The van der Waals surface area contributed by atoms with Crippen LogP contribution in [0, 0.1) is 0 Å². The van der Waals surface area contributed by atoms with Crippen LogP contribution < -0.4 is 5.32 Å². The Balaban J connectivity index is 0.00000289. The van der Waals surface area contributed by atoms with Gasteiger partial charge in [-0.3, -0.25) is 14.7 Å². The zero-order chi connectivity index (χ0) is 21.6. The summed E-state index contributed by atoms with van der Waals surface area (Å²) in [7, 11) is 0. The Hall–Kier alpha value is -1.88. The molecule has 4 rings (SSSR count). The van der Waals surface area contributed by atoms with Crippen LogP contribution in [0.1, 0.15) is 32.4 Å². The Bertz CT molecular complexity index is 868. The van der Waals surface area contributed by atoms with E-state index in [9.17, 15) is 4.79 Å². The minimum Gasteiger partial charge on any atom is -0.357 e. The van der Waals surface area contributed by atoms with Crippen LogP contribution in [0.5, 0.6) is 0 Å². The number of carbonyl (C=O) groups excluding carboxylic acids is 1. The summed E-state index contributed by atoms with van der Waals surface area (Å²) in [6.45, 7) is 11.1. The first-order chi connectivity index (χ1) is 15.2. The summed E-state index contributed by atoms with van der Waals surface area (Å²) in [5.41, 5.74) is 2.03. The molecule has 2 saturated heterocycles. The van der Waals surface area contributed by atoms with Crippen LogP contribution in [0.3, 0.4) is 0 Å². The number of fused-ring (bicyclic) bond motifs is 1. The lowest BCUT2D eigenvalue weighted by molar-refractivity contribution is -0.135. The first-order valence-electron chi connectivity index (χ1n) is 11.6. The van der Waals surface area contributed by atoms with E-state index < -0.39 is 0 Å². The van der Waals surface area contributed by atoms with E-state index >= 15 is 0 Å². The van der Waals surface area contributed by atoms with Gasteiger partial charge >= 0.3 is 0 Å². The fourth-order valence-corrected chi connectivity index (χ4v) is 4.49. The number of halogens is 1. The van der Waals surface area contributed by atoms with Gasteiger partial charge in [0.25, 0.3) is 0 Å². The van der Waals surface area contributed by atoms with Gasteiger partial charge in [0, 0.05) is 71.2 Å². The van der Waals surface area contributed by atoms with Gasteiger partial charge in [0.2, 0.25) is 5.91 Å². The number of hydrogen-bond acceptors (Lipinski definition) is 4. The quantitative estimate of drug-likeness (QED) is 0.337. The molecule has 2 aromatic rings. The number of likely N-dealkylation sites (tertiary alicyclic amines) is 1. The zero-order valence-corrected chi connectivity index (χ0v) is 21.6. The third-order valence-corrected chi connectivity index (χ3v) is 6.31. The molecular weight excluding hydrogens is 517 g/mol. The lowest BCUT2D eigenvalue weighted by Crippen LogP contribution is -2.57. The molecule has 0 spiro atoms. The summed E-state index contributed by atoms with van der Waals surface area (Å²) in [6.07, 6.45) is 7.20. The predicted molar refractivity (Wildman–Crippen MR) is 139 cm³/mol. The van der Waals surface area contributed by atoms with Crippen LogP contribution in [0.2, 0.25) is 0 Å². The van der Waals surface area contributed by atoms with Gasteiger partial charge in [0.15, 0.2) is 5.96 Å². The van der Waals surface area contributed by atoms with Crippen LogP contribution in [0.25, 0.3) is 5.65 Å². The number of imidazole rings is 1. The Morgan fingerprint density at radius 1 is 1.12 bits per heavy atom. The standard InChI is InChI=1S/C23H35N7O.HI/c1-3-24-23(25-10-9-20-18-30-13-5-4-8-21(30)26-20)29-16-14-27(15-17-29)19(2)22(31)28-11-6-7-12-28;/h4-5,8,13,18-19H,3,6-7,9-12,14-17H2,1-2H3,(H,24,25);1H. The number of nitrogens with one attached hydrogen (secondary N) is 1. The predicted octanol–water partition coefficient (Wildman–Crippen LogP) is 2.09. The van der Waals surface area contributed by atoms with Gasteiger partial charge in [-0.2, -0.15) is 0 Å². The highest BCUT2D eigenvalue weighted by Gasteiger charge is 2.30. The summed E-state index contributed by atoms with van der Waals surface area (Å²) in [5, 5.41) is 3.43. The molecule has 1 atom stereocenters. The third-order valence-electron chi connectivity index (χ3n) is 6.31. The normalized spacial score (nSPS) is 18.6. The molecule has 4 heterocycles. The van der Waals surface area contributed by atoms with Crippen molar-refractivity contribution in [3.05, 3.63) is 36.3 Å². The van der Waals surface area contributed by atoms with Gasteiger partial charge in [-0.05, 0) is 38.8 Å². The number of piperazine rings is 1. The fraction of sp³-hybridized carbons (Fsp3) is 0.609. The number of hydrogen-bond donors (Lipinski definition) is 1. The molecule has 0 saturated carbocycles. The molecule has 2 fully saturated rings. The Labute approximate surface area is 208 Å². The van der Waals surface area contributed by atoms with Crippen LogP contribution >= 0.6 is 24.0 Å². The van der Waals surface area contributed by atoms with E-state index in [4.69, 9.17) is 4.99 Å². The van der Waals surface area contributed by atoms with E-state index in [1.165, 1.54) is 0 Å². The van der Waals surface area contributed by atoms with Crippen molar-refractivity contribution < 1.29 is 4.79 Å². The SMILES string of the molecule is CCNC(=NCCc1cn2ccccc2n1)N1CCN(C(C)C(=O)N2CCCC2)CC1.I. The summed E-state index contributed by atoms with van der Waals surface area (Å²) in [4.78, 5) is 28.9. The first-order valence-corrected chi connectivity index (χ1v) is 11.6. The molecule has 0 radical (unpaired) electrons. The van der Waals surface area contributed by atoms with Crippen molar-refractivity contribution in [2.24, 2.45) is 4.99 Å². The molecule has 176 valence electrons. The zero-order valence-electron chi connectivity index (χ0n) is 19.2. The highest BCUT2D eigenvalue weighted by molar-refractivity contribution is 14.0. The highest BCUT2D eigenvalue weighted by atomic mass is 127. The van der Waals surface area contributed by atoms with Gasteiger partial charge < -0.3 is 19.5 Å². The molecule has 1 amide bonds. The van der Waals surface area contributed by atoms with Crippen molar-refractivity contribution in [3.63, 3.8) is 0 Å². The Kier molecular flexibility index (Phi) is 9.15. The number of aromatic nitrogens is 2. The minimum atomic E-state index is -0.0326. The number of nitrogens with zero attached hydrogens (tertiary/aromatic N) is 6. The maximum atomic E-state index is 12.7. The molecule has 0 bridgehead atoms. The average molecular weight is 553 g/mol. The van der Waals surface area contributed by atoms with E-state index in [1.807, 2.05) is 33.7 Å². The Morgan fingerprint density at radius 3 is 2.56 bits per heavy atom. The van der Waals surface area contributed by atoms with Gasteiger partial charge in [-0.25, -0.2) is 4.98 Å². The van der Waals surface area contributed by atoms with Gasteiger partial charge in [0.05, 0.1) is 11.7 Å². The molecule has 32 heavy (non-hydrogen) atoms. The number of carbonyl (C=O) groups is 1. The number of pyridine rings is 1. The molecular formula is C23H36IN7O. The van der Waals surface area contributed by atoms with Crippen molar-refractivity contribution in [2.45, 2.75) is 39.2 Å². The molecule has 2 aliphatic rings. The van der Waals surface area contributed by atoms with Crippen LogP contribution in [0.15, 0.2) is 35.6 Å². The van der Waals surface area contributed by atoms with Crippen LogP contribution in [0.4, 0.5) is 0 Å². The highest BCUT2D eigenvalue weighted by Crippen LogP contribution is 2.14. The van der Waals surface area contributed by atoms with E-state index in [0.717, 1.165) is 82.4 Å². The summed E-state index contributed by atoms with van der Waals surface area (Å²) in [5.74, 6) is 1.25. The summed E-state index contributed by atoms with van der Waals surface area (Å²) in [6, 6.07) is 6.01. The summed E-state index contributed by atoms with van der Waals surface area (Å²) < 4.78 is 2.05. The Morgan fingerprint density at radius 2 is 1.88 bits per heavy atom. The van der Waals surface area contributed by atoms with E-state index in [1.54, 1.807) is 0 Å². The second kappa shape index (κ2) is 11.8. The van der Waals surface area contributed by atoms with Gasteiger partial charge in [-0.15, -0.1) is 24.0 Å². The second-order valence-corrected chi connectivity index (χ2v) is 8.42. The molecule has 0 aromatic carbocycles.